The van der Waals surface area contributed by atoms with Crippen LogP contribution in [0, 0.1) is 0 Å². The van der Waals surface area contributed by atoms with Gasteiger partial charge in [-0.3, -0.25) is 23.5 Å². The van der Waals surface area contributed by atoms with E-state index in [0.29, 0.717) is 17.2 Å². The molecule has 40 heavy (non-hydrogen) atoms. The van der Waals surface area contributed by atoms with E-state index in [0.717, 1.165) is 14.7 Å². The molecule has 0 atom stereocenters. The summed E-state index contributed by atoms with van der Waals surface area (Å²) in [6, 6.07) is 16.5. The number of amides is 2. The number of halogens is 1. The Bertz CT molecular complexity index is 1700. The number of para-hydroxylation sites is 1. The molecule has 0 unspecified atom stereocenters. The molecule has 0 spiro atoms. The number of rotatable bonds is 10. The fourth-order valence-corrected chi connectivity index (χ4v) is 4.38. The predicted octanol–water partition coefficient (Wildman–Crippen LogP) is 2.80. The maximum atomic E-state index is 13.4. The van der Waals surface area contributed by atoms with Crippen LogP contribution in [0.1, 0.15) is 5.56 Å². The lowest BCUT2D eigenvalue weighted by Gasteiger charge is -2.16. The van der Waals surface area contributed by atoms with Gasteiger partial charge in [-0.05, 0) is 35.9 Å². The summed E-state index contributed by atoms with van der Waals surface area (Å²) in [5, 5.41) is 5.81. The third-order valence-corrected chi connectivity index (χ3v) is 6.40. The van der Waals surface area contributed by atoms with Gasteiger partial charge >= 0.3 is 5.69 Å². The van der Waals surface area contributed by atoms with Gasteiger partial charge in [0.15, 0.2) is 0 Å². The molecular weight excluding hydrogens is 540 g/mol. The maximum absolute atomic E-state index is 13.4. The topological polar surface area (TPSA) is 130 Å². The molecule has 1 aromatic heterocycles. The lowest BCUT2D eigenvalue weighted by atomic mass is 10.2. The molecule has 4 rings (SSSR count). The van der Waals surface area contributed by atoms with Crippen LogP contribution in [0.5, 0.6) is 17.2 Å². The van der Waals surface area contributed by atoms with Gasteiger partial charge in [-0.15, -0.1) is 0 Å². The highest BCUT2D eigenvalue weighted by Crippen LogP contribution is 2.35. The third-order valence-electron chi connectivity index (χ3n) is 6.11. The van der Waals surface area contributed by atoms with Crippen molar-refractivity contribution in [1.82, 2.24) is 14.5 Å². The fourth-order valence-electron chi connectivity index (χ4n) is 4.14. The summed E-state index contributed by atoms with van der Waals surface area (Å²) in [6.07, 6.45) is 0. The molecule has 11 nitrogen and oxygen atoms in total. The monoisotopic (exact) mass is 566 g/mol. The highest BCUT2D eigenvalue weighted by Gasteiger charge is 2.19. The van der Waals surface area contributed by atoms with E-state index in [9.17, 15) is 19.2 Å². The van der Waals surface area contributed by atoms with Crippen molar-refractivity contribution in [2.45, 2.75) is 19.6 Å². The molecule has 0 aliphatic heterocycles. The Hall–Kier alpha value is -4.77. The van der Waals surface area contributed by atoms with Crippen LogP contribution in [-0.2, 0) is 29.2 Å². The Morgan fingerprint density at radius 2 is 1.55 bits per heavy atom. The Labute approximate surface area is 233 Å². The van der Waals surface area contributed by atoms with Crippen LogP contribution in [0.4, 0.5) is 5.69 Å². The first-order chi connectivity index (χ1) is 19.2. The number of anilines is 1. The molecule has 0 aliphatic rings. The number of fused-ring (bicyclic) bond motifs is 1. The highest BCUT2D eigenvalue weighted by molar-refractivity contribution is 6.32. The molecule has 0 fully saturated rings. The van der Waals surface area contributed by atoms with Crippen molar-refractivity contribution >= 4 is 40.0 Å². The smallest absolute Gasteiger partial charge is 0.332 e. The van der Waals surface area contributed by atoms with Crippen LogP contribution < -0.4 is 36.1 Å². The molecule has 0 bridgehead atoms. The zero-order chi connectivity index (χ0) is 28.8. The molecule has 1 heterocycles. The summed E-state index contributed by atoms with van der Waals surface area (Å²) in [5.41, 5.74) is -0.157. The summed E-state index contributed by atoms with van der Waals surface area (Å²) < 4.78 is 17.6. The average molecular weight is 567 g/mol. The van der Waals surface area contributed by atoms with E-state index in [4.69, 9.17) is 25.8 Å². The SMILES string of the molecule is COc1cccc(CNC(=O)Cn2c(=O)c3ccccc3n(CC(=O)Nc3cc(Cl)c(OC)cc3OC)c2=O)c1. The molecule has 0 aliphatic carbocycles. The first kappa shape index (κ1) is 28.2. The standard InChI is InChI=1S/C28H27ClN4O7/c1-38-18-8-6-7-17(11-18)14-30-25(34)15-33-27(36)19-9-4-5-10-22(19)32(28(33)37)16-26(35)31-21-12-20(29)23(39-2)13-24(21)40-3/h4-13H,14-16H2,1-3H3,(H,30,34)(H,31,35). The first-order valence-electron chi connectivity index (χ1n) is 12.1. The normalized spacial score (nSPS) is 10.7. The van der Waals surface area contributed by atoms with Crippen molar-refractivity contribution in [3.63, 3.8) is 0 Å². The number of nitrogens with zero attached hydrogens (tertiary/aromatic N) is 2. The van der Waals surface area contributed by atoms with Gasteiger partial charge in [-0.25, -0.2) is 4.79 Å². The Kier molecular flexibility index (Phi) is 8.75. The van der Waals surface area contributed by atoms with Crippen LogP contribution in [-0.4, -0.2) is 42.3 Å². The number of methoxy groups -OCH3 is 3. The number of aromatic nitrogens is 2. The van der Waals surface area contributed by atoms with Crippen LogP contribution >= 0.6 is 11.6 Å². The Morgan fingerprint density at radius 3 is 2.27 bits per heavy atom. The maximum Gasteiger partial charge on any atom is 0.332 e. The summed E-state index contributed by atoms with van der Waals surface area (Å²) >= 11 is 6.20. The van der Waals surface area contributed by atoms with Gasteiger partial charge in [0.1, 0.15) is 30.3 Å². The van der Waals surface area contributed by atoms with Gasteiger partial charge in [0.2, 0.25) is 11.8 Å². The van der Waals surface area contributed by atoms with E-state index in [-0.39, 0.29) is 28.2 Å². The number of hydrogen-bond acceptors (Lipinski definition) is 7. The summed E-state index contributed by atoms with van der Waals surface area (Å²) in [4.78, 5) is 52.4. The van der Waals surface area contributed by atoms with Crippen LogP contribution in [0.25, 0.3) is 10.9 Å². The highest BCUT2D eigenvalue weighted by atomic mass is 35.5. The Morgan fingerprint density at radius 1 is 0.825 bits per heavy atom. The lowest BCUT2D eigenvalue weighted by Crippen LogP contribution is -2.44. The van der Waals surface area contributed by atoms with Crippen molar-refractivity contribution in [3.05, 3.63) is 92.1 Å². The number of carbonyl (C=O) groups is 2. The van der Waals surface area contributed by atoms with Gasteiger partial charge in [0.05, 0.1) is 42.9 Å². The second-order valence-electron chi connectivity index (χ2n) is 8.64. The zero-order valence-corrected chi connectivity index (χ0v) is 22.8. The molecule has 2 amide bonds. The zero-order valence-electron chi connectivity index (χ0n) is 22.0. The van der Waals surface area contributed by atoms with Crippen molar-refractivity contribution < 1.29 is 23.8 Å². The second-order valence-corrected chi connectivity index (χ2v) is 9.05. The van der Waals surface area contributed by atoms with Gasteiger partial charge in [-0.1, -0.05) is 35.9 Å². The van der Waals surface area contributed by atoms with Crippen molar-refractivity contribution in [1.29, 1.82) is 0 Å². The van der Waals surface area contributed by atoms with Gasteiger partial charge in [0.25, 0.3) is 5.56 Å². The second kappa shape index (κ2) is 12.4. The number of ether oxygens (including phenoxy) is 3. The van der Waals surface area contributed by atoms with Crippen molar-refractivity contribution in [2.24, 2.45) is 0 Å². The van der Waals surface area contributed by atoms with Crippen molar-refractivity contribution in [3.8, 4) is 17.2 Å². The van der Waals surface area contributed by atoms with E-state index in [2.05, 4.69) is 10.6 Å². The summed E-state index contributed by atoms with van der Waals surface area (Å²) in [5.74, 6) is 0.151. The van der Waals surface area contributed by atoms with E-state index in [1.54, 1.807) is 36.4 Å². The number of carbonyl (C=O) groups excluding carboxylic acids is 2. The van der Waals surface area contributed by atoms with Gasteiger partial charge in [0, 0.05) is 12.6 Å². The molecule has 3 aromatic carbocycles. The molecule has 0 radical (unpaired) electrons. The number of nitrogens with one attached hydrogen (secondary N) is 2. The molecule has 12 heteroatoms. The van der Waals surface area contributed by atoms with Crippen LogP contribution in [0.2, 0.25) is 5.02 Å². The van der Waals surface area contributed by atoms with E-state index in [1.165, 1.54) is 39.5 Å². The van der Waals surface area contributed by atoms with Crippen LogP contribution in [0.3, 0.4) is 0 Å². The molecule has 0 saturated heterocycles. The fraction of sp³-hybridized carbons (Fsp3) is 0.214. The molecular formula is C28H27ClN4O7. The summed E-state index contributed by atoms with van der Waals surface area (Å²) in [6.45, 7) is -0.810. The molecule has 208 valence electrons. The molecule has 0 saturated carbocycles. The average Bonchev–Trinajstić information content (AvgIpc) is 2.96. The number of hydrogen-bond donors (Lipinski definition) is 2. The first-order valence-corrected chi connectivity index (χ1v) is 12.5. The molecule has 4 aromatic rings. The van der Waals surface area contributed by atoms with Gasteiger partial charge < -0.3 is 24.8 Å². The predicted molar refractivity (Wildman–Crippen MR) is 150 cm³/mol. The van der Waals surface area contributed by atoms with Gasteiger partial charge in [-0.2, -0.15) is 0 Å². The Balaban J connectivity index is 1.61. The number of benzene rings is 3. The van der Waals surface area contributed by atoms with E-state index < -0.39 is 36.2 Å². The summed E-state index contributed by atoms with van der Waals surface area (Å²) in [7, 11) is 4.41. The minimum absolute atomic E-state index is 0.168. The van der Waals surface area contributed by atoms with Crippen molar-refractivity contribution in [2.75, 3.05) is 26.6 Å². The quantitative estimate of drug-likeness (QED) is 0.302. The largest absolute Gasteiger partial charge is 0.497 e. The van der Waals surface area contributed by atoms with E-state index >= 15 is 0 Å². The minimum atomic E-state index is -0.810. The lowest BCUT2D eigenvalue weighted by molar-refractivity contribution is -0.122. The molecule has 2 N–H and O–H groups in total. The minimum Gasteiger partial charge on any atom is -0.497 e. The van der Waals surface area contributed by atoms with Crippen LogP contribution in [0.15, 0.2) is 70.3 Å². The van der Waals surface area contributed by atoms with E-state index in [1.807, 2.05) is 6.07 Å². The third kappa shape index (κ3) is 6.10.